The van der Waals surface area contributed by atoms with Gasteiger partial charge in [-0.3, -0.25) is 4.68 Å². The molecule has 7 nitrogen and oxygen atoms in total. The van der Waals surface area contributed by atoms with Crippen molar-refractivity contribution in [3.63, 3.8) is 0 Å². The number of halogens is 1. The lowest BCUT2D eigenvalue weighted by Crippen LogP contribution is -2.09. The first-order valence-electron chi connectivity index (χ1n) is 7.10. The van der Waals surface area contributed by atoms with Crippen LogP contribution in [-0.2, 0) is 13.6 Å². The van der Waals surface area contributed by atoms with Crippen LogP contribution in [0.25, 0.3) is 11.5 Å². The number of aromatic nitrogens is 7. The summed E-state index contributed by atoms with van der Waals surface area (Å²) in [6.07, 6.45) is 7.25. The number of aryl methyl sites for hydroxylation is 1. The lowest BCUT2D eigenvalue weighted by atomic mass is 10.4. The van der Waals surface area contributed by atoms with Gasteiger partial charge in [-0.15, -0.1) is 0 Å². The molecule has 1 fully saturated rings. The maximum absolute atomic E-state index is 5.83. The second-order valence-corrected chi connectivity index (χ2v) is 5.82. The number of nitrogens with zero attached hydrogens (tertiary/aromatic N) is 7. The van der Waals surface area contributed by atoms with Gasteiger partial charge >= 0.3 is 0 Å². The third-order valence-corrected chi connectivity index (χ3v) is 3.84. The van der Waals surface area contributed by atoms with Crippen LogP contribution in [0.3, 0.4) is 0 Å². The van der Waals surface area contributed by atoms with E-state index in [1.54, 1.807) is 23.3 Å². The van der Waals surface area contributed by atoms with Crippen LogP contribution in [0.15, 0.2) is 24.7 Å². The van der Waals surface area contributed by atoms with Gasteiger partial charge in [-0.2, -0.15) is 10.2 Å². The molecule has 0 radical (unpaired) electrons. The molecule has 3 heterocycles. The zero-order valence-corrected chi connectivity index (χ0v) is 12.8. The third kappa shape index (κ3) is 2.48. The van der Waals surface area contributed by atoms with E-state index < -0.39 is 0 Å². The molecular formula is C14H14ClN7. The van der Waals surface area contributed by atoms with Crippen LogP contribution in [0.1, 0.15) is 30.4 Å². The van der Waals surface area contributed by atoms with Crippen LogP contribution >= 0.6 is 11.6 Å². The Kier molecular flexibility index (Phi) is 3.15. The van der Waals surface area contributed by atoms with E-state index in [1.165, 1.54) is 0 Å². The topological polar surface area (TPSA) is 74.3 Å². The molecule has 1 saturated carbocycles. The summed E-state index contributed by atoms with van der Waals surface area (Å²) in [7, 11) is 1.89. The summed E-state index contributed by atoms with van der Waals surface area (Å²) in [5, 5.41) is 9.37. The first-order valence-corrected chi connectivity index (χ1v) is 7.48. The predicted octanol–water partition coefficient (Wildman–Crippen LogP) is 2.05. The maximum Gasteiger partial charge on any atom is 0.177 e. The average Bonchev–Trinajstić information content (AvgIpc) is 3.15. The van der Waals surface area contributed by atoms with E-state index in [0.717, 1.165) is 30.2 Å². The summed E-state index contributed by atoms with van der Waals surface area (Å²) < 4.78 is 3.63. The van der Waals surface area contributed by atoms with Crippen molar-refractivity contribution in [1.29, 1.82) is 0 Å². The lowest BCUT2D eigenvalue weighted by molar-refractivity contribution is 0.643. The smallest absolute Gasteiger partial charge is 0.177 e. The number of rotatable bonds is 4. The summed E-state index contributed by atoms with van der Waals surface area (Å²) in [6, 6.07) is 1.93. The monoisotopic (exact) mass is 315 g/mol. The quantitative estimate of drug-likeness (QED) is 0.736. The van der Waals surface area contributed by atoms with E-state index >= 15 is 0 Å². The van der Waals surface area contributed by atoms with Crippen molar-refractivity contribution in [3.05, 3.63) is 41.3 Å². The molecular weight excluding hydrogens is 302 g/mol. The highest BCUT2D eigenvalue weighted by Gasteiger charge is 2.29. The van der Waals surface area contributed by atoms with E-state index in [-0.39, 0.29) is 0 Å². The normalized spacial score (nSPS) is 14.5. The van der Waals surface area contributed by atoms with E-state index in [4.69, 9.17) is 16.6 Å². The van der Waals surface area contributed by atoms with Crippen molar-refractivity contribution in [3.8, 4) is 11.5 Å². The molecule has 0 aromatic carbocycles. The fourth-order valence-corrected chi connectivity index (χ4v) is 2.42. The van der Waals surface area contributed by atoms with Crippen molar-refractivity contribution in [2.24, 2.45) is 7.05 Å². The van der Waals surface area contributed by atoms with Crippen molar-refractivity contribution in [2.45, 2.75) is 25.3 Å². The summed E-state index contributed by atoms with van der Waals surface area (Å²) in [5.41, 5.74) is 0.924. The molecule has 1 aliphatic rings. The minimum Gasteiger partial charge on any atom is -0.265 e. The first kappa shape index (κ1) is 13.4. The molecule has 0 amide bonds. The second-order valence-electron chi connectivity index (χ2n) is 5.38. The van der Waals surface area contributed by atoms with Gasteiger partial charge in [0, 0.05) is 31.6 Å². The van der Waals surface area contributed by atoms with Gasteiger partial charge in [0.15, 0.2) is 11.6 Å². The van der Waals surface area contributed by atoms with Crippen molar-refractivity contribution >= 4 is 11.6 Å². The molecule has 0 spiro atoms. The van der Waals surface area contributed by atoms with E-state index in [9.17, 15) is 0 Å². The highest BCUT2D eigenvalue weighted by molar-refractivity contribution is 6.30. The van der Waals surface area contributed by atoms with Gasteiger partial charge in [0.05, 0.1) is 5.02 Å². The molecule has 0 atom stereocenters. The fourth-order valence-electron chi connectivity index (χ4n) is 2.32. The van der Waals surface area contributed by atoms with Gasteiger partial charge in [-0.1, -0.05) is 11.6 Å². The van der Waals surface area contributed by atoms with Gasteiger partial charge < -0.3 is 0 Å². The van der Waals surface area contributed by atoms with E-state index in [2.05, 4.69) is 20.2 Å². The standard InChI is InChI=1S/C14H14ClN7/c1-21-11(4-5-18-21)14-19-13(9-2-3-9)20-22(14)8-12-16-6-10(15)7-17-12/h4-7,9H,2-3,8H2,1H3. The lowest BCUT2D eigenvalue weighted by Gasteiger charge is -2.05. The van der Waals surface area contributed by atoms with Gasteiger partial charge in [0.2, 0.25) is 0 Å². The molecule has 1 aliphatic carbocycles. The largest absolute Gasteiger partial charge is 0.265 e. The Balaban J connectivity index is 1.73. The van der Waals surface area contributed by atoms with Crippen LogP contribution in [-0.4, -0.2) is 34.5 Å². The van der Waals surface area contributed by atoms with Crippen molar-refractivity contribution < 1.29 is 0 Å². The Hall–Kier alpha value is -2.28. The Bertz CT molecular complexity index is 801. The van der Waals surface area contributed by atoms with Crippen molar-refractivity contribution in [2.75, 3.05) is 0 Å². The zero-order valence-electron chi connectivity index (χ0n) is 12.0. The average molecular weight is 316 g/mol. The van der Waals surface area contributed by atoms with Crippen LogP contribution in [0, 0.1) is 0 Å². The molecule has 112 valence electrons. The Morgan fingerprint density at radius 1 is 1.27 bits per heavy atom. The van der Waals surface area contributed by atoms with E-state index in [0.29, 0.717) is 23.3 Å². The minimum atomic E-state index is 0.456. The molecule has 0 aliphatic heterocycles. The van der Waals surface area contributed by atoms with E-state index in [1.807, 2.05) is 17.8 Å². The molecule has 0 unspecified atom stereocenters. The molecule has 4 rings (SSSR count). The van der Waals surface area contributed by atoms with Crippen molar-refractivity contribution in [1.82, 2.24) is 34.5 Å². The Morgan fingerprint density at radius 2 is 2.05 bits per heavy atom. The summed E-state index contributed by atoms with van der Waals surface area (Å²) in [5.74, 6) is 2.82. The van der Waals surface area contributed by atoms with Gasteiger partial charge in [-0.05, 0) is 18.9 Å². The van der Waals surface area contributed by atoms with Gasteiger partial charge in [0.25, 0.3) is 0 Å². The summed E-state index contributed by atoms with van der Waals surface area (Å²) >= 11 is 5.83. The SMILES string of the molecule is Cn1nccc1-c1nc(C2CC2)nn1Cc1ncc(Cl)cn1. The van der Waals surface area contributed by atoms with Gasteiger partial charge in [0.1, 0.15) is 18.1 Å². The summed E-state index contributed by atoms with van der Waals surface area (Å²) in [6.45, 7) is 0.456. The second kappa shape index (κ2) is 5.17. The Labute approximate surface area is 132 Å². The highest BCUT2D eigenvalue weighted by Crippen LogP contribution is 2.38. The molecule has 8 heteroatoms. The van der Waals surface area contributed by atoms with Crippen LogP contribution < -0.4 is 0 Å². The van der Waals surface area contributed by atoms with Crippen LogP contribution in [0.2, 0.25) is 5.02 Å². The van der Waals surface area contributed by atoms with Crippen LogP contribution in [0.5, 0.6) is 0 Å². The number of hydrogen-bond acceptors (Lipinski definition) is 5. The maximum atomic E-state index is 5.83. The third-order valence-electron chi connectivity index (χ3n) is 3.65. The Morgan fingerprint density at radius 3 is 2.68 bits per heavy atom. The molecule has 3 aromatic rings. The predicted molar refractivity (Wildman–Crippen MR) is 80.3 cm³/mol. The van der Waals surface area contributed by atoms with Gasteiger partial charge in [-0.25, -0.2) is 19.6 Å². The molecule has 0 N–H and O–H groups in total. The summed E-state index contributed by atoms with van der Waals surface area (Å²) in [4.78, 5) is 13.2. The minimum absolute atomic E-state index is 0.456. The first-order chi connectivity index (χ1) is 10.7. The molecule has 22 heavy (non-hydrogen) atoms. The van der Waals surface area contributed by atoms with Crippen LogP contribution in [0.4, 0.5) is 0 Å². The highest BCUT2D eigenvalue weighted by atomic mass is 35.5. The zero-order chi connectivity index (χ0) is 15.1. The number of hydrogen-bond donors (Lipinski definition) is 0. The molecule has 3 aromatic heterocycles. The molecule has 0 saturated heterocycles. The fraction of sp³-hybridized carbons (Fsp3) is 0.357. The molecule has 0 bridgehead atoms.